The quantitative estimate of drug-likeness (QED) is 0.874. The first-order chi connectivity index (χ1) is 9.92. The van der Waals surface area contributed by atoms with Gasteiger partial charge in [-0.05, 0) is 53.5 Å². The van der Waals surface area contributed by atoms with Crippen molar-refractivity contribution in [3.05, 3.63) is 45.6 Å². The van der Waals surface area contributed by atoms with Crippen LogP contribution in [0.1, 0.15) is 21.6 Å². The van der Waals surface area contributed by atoms with Crippen LogP contribution in [0.4, 0.5) is 11.5 Å². The van der Waals surface area contributed by atoms with Crippen LogP contribution in [0.2, 0.25) is 0 Å². The second-order valence-electron chi connectivity index (χ2n) is 4.58. The van der Waals surface area contributed by atoms with E-state index in [0.717, 1.165) is 10.2 Å². The first-order valence-electron chi connectivity index (χ1n) is 6.24. The molecule has 1 aromatic heterocycles. The first-order valence-corrected chi connectivity index (χ1v) is 7.03. The molecule has 0 aliphatic carbocycles. The van der Waals surface area contributed by atoms with E-state index in [1.807, 2.05) is 19.1 Å². The number of carbonyl (C=O) groups is 1. The second-order valence-corrected chi connectivity index (χ2v) is 5.43. The van der Waals surface area contributed by atoms with Gasteiger partial charge in [-0.2, -0.15) is 0 Å². The molecule has 110 valence electrons. The highest BCUT2D eigenvalue weighted by molar-refractivity contribution is 9.10. The Bertz CT molecular complexity index is 702. The lowest BCUT2D eigenvalue weighted by Gasteiger charge is -2.14. The molecule has 0 fully saturated rings. The number of nitrogens with one attached hydrogen (secondary N) is 1. The second kappa shape index (κ2) is 6.13. The maximum Gasteiger partial charge on any atom is 0.339 e. The summed E-state index contributed by atoms with van der Waals surface area (Å²) >= 11 is 3.42. The molecule has 6 heteroatoms. The molecular formula is C15H15BrN2O3. The number of aromatic nitrogens is 1. The van der Waals surface area contributed by atoms with Crippen molar-refractivity contribution in [1.29, 1.82) is 0 Å². The van der Waals surface area contributed by atoms with Gasteiger partial charge in [0.2, 0.25) is 0 Å². The Hall–Kier alpha value is -2.08. The number of hydrogen-bond acceptors (Lipinski definition) is 4. The number of rotatable bonds is 4. The van der Waals surface area contributed by atoms with Gasteiger partial charge in [0.25, 0.3) is 0 Å². The fourth-order valence-electron chi connectivity index (χ4n) is 2.05. The predicted octanol–water partition coefficient (Wildman–Crippen LogP) is 3.91. The van der Waals surface area contributed by atoms with E-state index in [1.165, 1.54) is 0 Å². The summed E-state index contributed by atoms with van der Waals surface area (Å²) in [4.78, 5) is 15.7. The van der Waals surface area contributed by atoms with Crippen molar-refractivity contribution >= 4 is 33.4 Å². The number of carboxylic acids is 1. The molecule has 21 heavy (non-hydrogen) atoms. The molecule has 0 aliphatic heterocycles. The molecule has 2 rings (SSSR count). The van der Waals surface area contributed by atoms with Gasteiger partial charge in [-0.1, -0.05) is 0 Å². The standard InChI is InChI=1S/C15H15BrN2O3/c1-8-6-9(2)17-14(13(8)15(19)20)18-12-7-10(21-3)4-5-11(12)16/h4-7H,1-3H3,(H,17,18)(H,19,20). The fraction of sp³-hybridized carbons (Fsp3) is 0.200. The number of benzene rings is 1. The van der Waals surface area contributed by atoms with Crippen LogP contribution in [0, 0.1) is 13.8 Å². The lowest BCUT2D eigenvalue weighted by atomic mass is 10.1. The Labute approximate surface area is 131 Å². The van der Waals surface area contributed by atoms with Crippen LogP contribution in [-0.4, -0.2) is 23.2 Å². The van der Waals surface area contributed by atoms with Gasteiger partial charge in [-0.15, -0.1) is 0 Å². The smallest absolute Gasteiger partial charge is 0.339 e. The molecule has 0 atom stereocenters. The van der Waals surface area contributed by atoms with Crippen LogP contribution >= 0.6 is 15.9 Å². The maximum atomic E-state index is 11.4. The average molecular weight is 351 g/mol. The van der Waals surface area contributed by atoms with Crippen LogP contribution in [0.3, 0.4) is 0 Å². The van der Waals surface area contributed by atoms with Crippen LogP contribution in [0.5, 0.6) is 5.75 Å². The molecule has 5 nitrogen and oxygen atoms in total. The number of halogens is 1. The number of aromatic carboxylic acids is 1. The largest absolute Gasteiger partial charge is 0.497 e. The number of hydrogen-bond donors (Lipinski definition) is 2. The van der Waals surface area contributed by atoms with Crippen LogP contribution in [0.25, 0.3) is 0 Å². The van der Waals surface area contributed by atoms with E-state index in [1.54, 1.807) is 26.2 Å². The number of nitrogens with zero attached hydrogens (tertiary/aromatic N) is 1. The highest BCUT2D eigenvalue weighted by Crippen LogP contribution is 2.31. The highest BCUT2D eigenvalue weighted by Gasteiger charge is 2.16. The third-order valence-corrected chi connectivity index (χ3v) is 3.68. The average Bonchev–Trinajstić information content (AvgIpc) is 2.40. The summed E-state index contributed by atoms with van der Waals surface area (Å²) in [5, 5.41) is 12.4. The van der Waals surface area contributed by atoms with E-state index in [-0.39, 0.29) is 5.56 Å². The Balaban J connectivity index is 2.51. The van der Waals surface area contributed by atoms with E-state index < -0.39 is 5.97 Å². The minimum Gasteiger partial charge on any atom is -0.497 e. The van der Waals surface area contributed by atoms with E-state index >= 15 is 0 Å². The monoisotopic (exact) mass is 350 g/mol. The van der Waals surface area contributed by atoms with Crippen molar-refractivity contribution in [3.63, 3.8) is 0 Å². The summed E-state index contributed by atoms with van der Waals surface area (Å²) in [7, 11) is 1.57. The van der Waals surface area contributed by atoms with Gasteiger partial charge in [-0.3, -0.25) is 0 Å². The van der Waals surface area contributed by atoms with Gasteiger partial charge in [0.1, 0.15) is 17.1 Å². The van der Waals surface area contributed by atoms with Crippen molar-refractivity contribution in [2.45, 2.75) is 13.8 Å². The Morgan fingerprint density at radius 1 is 1.33 bits per heavy atom. The third kappa shape index (κ3) is 3.33. The summed E-state index contributed by atoms with van der Waals surface area (Å²) in [5.41, 5.74) is 2.26. The molecule has 0 unspecified atom stereocenters. The topological polar surface area (TPSA) is 71.5 Å². The fourth-order valence-corrected chi connectivity index (χ4v) is 2.40. The third-order valence-electron chi connectivity index (χ3n) is 2.99. The van der Waals surface area contributed by atoms with Crippen LogP contribution < -0.4 is 10.1 Å². The van der Waals surface area contributed by atoms with E-state index in [9.17, 15) is 9.90 Å². The predicted molar refractivity (Wildman–Crippen MR) is 84.6 cm³/mol. The lowest BCUT2D eigenvalue weighted by Crippen LogP contribution is -2.08. The summed E-state index contributed by atoms with van der Waals surface area (Å²) in [6, 6.07) is 7.15. The zero-order valence-corrected chi connectivity index (χ0v) is 13.5. The molecule has 0 saturated heterocycles. The van der Waals surface area contributed by atoms with Crippen molar-refractivity contribution in [1.82, 2.24) is 4.98 Å². The molecular weight excluding hydrogens is 336 g/mol. The van der Waals surface area contributed by atoms with Gasteiger partial charge < -0.3 is 15.2 Å². The zero-order valence-electron chi connectivity index (χ0n) is 11.9. The van der Waals surface area contributed by atoms with E-state index in [2.05, 4.69) is 26.2 Å². The van der Waals surface area contributed by atoms with Crippen molar-refractivity contribution in [2.75, 3.05) is 12.4 Å². The molecule has 0 amide bonds. The van der Waals surface area contributed by atoms with Gasteiger partial charge in [0.15, 0.2) is 0 Å². The van der Waals surface area contributed by atoms with Crippen LogP contribution in [0.15, 0.2) is 28.7 Å². The SMILES string of the molecule is COc1ccc(Br)c(Nc2nc(C)cc(C)c2C(=O)O)c1. The summed E-state index contributed by atoms with van der Waals surface area (Å²) in [6.07, 6.45) is 0. The summed E-state index contributed by atoms with van der Waals surface area (Å²) < 4.78 is 5.97. The number of carboxylic acid groups (broad SMARTS) is 1. The molecule has 2 N–H and O–H groups in total. The van der Waals surface area contributed by atoms with E-state index in [4.69, 9.17) is 4.74 Å². The number of pyridine rings is 1. The normalized spacial score (nSPS) is 10.3. The van der Waals surface area contributed by atoms with Crippen molar-refractivity contribution in [3.8, 4) is 5.75 Å². The van der Waals surface area contributed by atoms with Gasteiger partial charge >= 0.3 is 5.97 Å². The Morgan fingerprint density at radius 3 is 2.67 bits per heavy atom. The number of methoxy groups -OCH3 is 1. The molecule has 0 bridgehead atoms. The maximum absolute atomic E-state index is 11.4. The molecule has 1 aromatic carbocycles. The number of aryl methyl sites for hydroxylation is 2. The highest BCUT2D eigenvalue weighted by atomic mass is 79.9. The van der Waals surface area contributed by atoms with Gasteiger partial charge in [0, 0.05) is 16.2 Å². The number of ether oxygens (including phenoxy) is 1. The van der Waals surface area contributed by atoms with Gasteiger partial charge in [0.05, 0.1) is 12.8 Å². The number of anilines is 2. The molecule has 0 spiro atoms. The molecule has 0 aliphatic rings. The van der Waals surface area contributed by atoms with Crippen LogP contribution in [-0.2, 0) is 0 Å². The summed E-state index contributed by atoms with van der Waals surface area (Å²) in [6.45, 7) is 3.58. The first kappa shape index (κ1) is 15.3. The minimum absolute atomic E-state index is 0.162. The van der Waals surface area contributed by atoms with Crippen molar-refractivity contribution < 1.29 is 14.6 Å². The zero-order chi connectivity index (χ0) is 15.6. The Morgan fingerprint density at radius 2 is 2.05 bits per heavy atom. The molecule has 2 aromatic rings. The van der Waals surface area contributed by atoms with Crippen molar-refractivity contribution in [2.24, 2.45) is 0 Å². The summed E-state index contributed by atoms with van der Waals surface area (Å²) in [5.74, 6) is -0.0302. The minimum atomic E-state index is -1.01. The lowest BCUT2D eigenvalue weighted by molar-refractivity contribution is 0.0697. The van der Waals surface area contributed by atoms with Gasteiger partial charge in [-0.25, -0.2) is 9.78 Å². The molecule has 1 heterocycles. The molecule has 0 radical (unpaired) electrons. The Kier molecular flexibility index (Phi) is 4.47. The van der Waals surface area contributed by atoms with E-state index in [0.29, 0.717) is 22.8 Å². The molecule has 0 saturated carbocycles.